The van der Waals surface area contributed by atoms with Crippen LogP contribution in [0.25, 0.3) is 0 Å². The van der Waals surface area contributed by atoms with Crippen molar-refractivity contribution in [3.63, 3.8) is 0 Å². The maximum atomic E-state index is 5.86. The molecule has 0 saturated heterocycles. The number of likely N-dealkylation sites (N-methyl/N-ethyl adjacent to an activating group) is 1. The Morgan fingerprint density at radius 2 is 1.62 bits per heavy atom. The lowest BCUT2D eigenvalue weighted by Crippen LogP contribution is -2.27. The average molecular weight is 304 g/mol. The number of halogens is 1. The Hall–Kier alpha value is -1.51. The summed E-state index contributed by atoms with van der Waals surface area (Å²) in [5.41, 5.74) is 2.44. The van der Waals surface area contributed by atoms with Crippen LogP contribution >= 0.6 is 11.6 Å². The topological polar surface area (TPSA) is 21.3 Å². The van der Waals surface area contributed by atoms with Gasteiger partial charge in [0.05, 0.1) is 0 Å². The normalized spacial score (nSPS) is 12.1. The lowest BCUT2D eigenvalue weighted by molar-refractivity contribution is 0.306. The Balaban J connectivity index is 1.86. The Morgan fingerprint density at radius 3 is 2.24 bits per heavy atom. The van der Waals surface area contributed by atoms with E-state index in [0.29, 0.717) is 12.6 Å². The van der Waals surface area contributed by atoms with Gasteiger partial charge in [0.1, 0.15) is 12.4 Å². The SMILES string of the molecule is CCNC(C)Cc1ccc(OCc2ccc(Cl)cc2)cc1. The van der Waals surface area contributed by atoms with E-state index in [9.17, 15) is 0 Å². The molecule has 2 nitrogen and oxygen atoms in total. The third-order valence-corrected chi connectivity index (χ3v) is 3.59. The monoisotopic (exact) mass is 303 g/mol. The highest BCUT2D eigenvalue weighted by Crippen LogP contribution is 2.16. The van der Waals surface area contributed by atoms with Crippen LogP contribution in [0.15, 0.2) is 48.5 Å². The summed E-state index contributed by atoms with van der Waals surface area (Å²) in [5.74, 6) is 0.893. The molecule has 0 aliphatic heterocycles. The highest BCUT2D eigenvalue weighted by Gasteiger charge is 2.02. The summed E-state index contributed by atoms with van der Waals surface area (Å²) in [7, 11) is 0. The van der Waals surface area contributed by atoms with Crippen molar-refractivity contribution in [3.8, 4) is 5.75 Å². The van der Waals surface area contributed by atoms with Crippen molar-refractivity contribution in [2.24, 2.45) is 0 Å². The number of ether oxygens (including phenoxy) is 1. The molecule has 2 rings (SSSR count). The molecule has 0 radical (unpaired) electrons. The van der Waals surface area contributed by atoms with Gasteiger partial charge in [0.15, 0.2) is 0 Å². The molecule has 112 valence electrons. The number of nitrogens with one attached hydrogen (secondary N) is 1. The second-order valence-electron chi connectivity index (χ2n) is 5.22. The summed E-state index contributed by atoms with van der Waals surface area (Å²) in [6, 6.07) is 16.5. The number of rotatable bonds is 7. The first kappa shape index (κ1) is 15.9. The second kappa shape index (κ2) is 8.06. The number of hydrogen-bond donors (Lipinski definition) is 1. The Bertz CT molecular complexity index is 536. The quantitative estimate of drug-likeness (QED) is 0.815. The molecule has 0 aliphatic carbocycles. The van der Waals surface area contributed by atoms with E-state index in [1.165, 1.54) is 5.56 Å². The highest BCUT2D eigenvalue weighted by molar-refractivity contribution is 6.30. The van der Waals surface area contributed by atoms with E-state index in [4.69, 9.17) is 16.3 Å². The van der Waals surface area contributed by atoms with Crippen LogP contribution in [-0.4, -0.2) is 12.6 Å². The lowest BCUT2D eigenvalue weighted by Gasteiger charge is -2.12. The summed E-state index contributed by atoms with van der Waals surface area (Å²) < 4.78 is 5.78. The van der Waals surface area contributed by atoms with Gasteiger partial charge in [-0.05, 0) is 55.3 Å². The molecule has 0 fully saturated rings. The standard InChI is InChI=1S/C18H22ClNO/c1-3-20-14(2)12-15-6-10-18(11-7-15)21-13-16-4-8-17(19)9-5-16/h4-11,14,20H,3,12-13H2,1-2H3. The van der Waals surface area contributed by atoms with E-state index in [-0.39, 0.29) is 0 Å². The van der Waals surface area contributed by atoms with E-state index in [0.717, 1.165) is 29.3 Å². The van der Waals surface area contributed by atoms with Gasteiger partial charge in [0, 0.05) is 11.1 Å². The van der Waals surface area contributed by atoms with Crippen molar-refractivity contribution in [2.75, 3.05) is 6.54 Å². The van der Waals surface area contributed by atoms with Crippen molar-refractivity contribution in [3.05, 3.63) is 64.7 Å². The first-order valence-electron chi connectivity index (χ1n) is 7.37. The molecular formula is C18H22ClNO. The summed E-state index contributed by atoms with van der Waals surface area (Å²) in [5, 5.41) is 4.17. The van der Waals surface area contributed by atoms with Crippen molar-refractivity contribution in [2.45, 2.75) is 32.9 Å². The van der Waals surface area contributed by atoms with Gasteiger partial charge in [-0.1, -0.05) is 42.8 Å². The molecular weight excluding hydrogens is 282 g/mol. The Morgan fingerprint density at radius 1 is 1.00 bits per heavy atom. The lowest BCUT2D eigenvalue weighted by atomic mass is 10.1. The second-order valence-corrected chi connectivity index (χ2v) is 5.66. The predicted molar refractivity (Wildman–Crippen MR) is 89.1 cm³/mol. The zero-order valence-electron chi connectivity index (χ0n) is 12.6. The van der Waals surface area contributed by atoms with Gasteiger partial charge in [-0.2, -0.15) is 0 Å². The van der Waals surface area contributed by atoms with Gasteiger partial charge in [0.25, 0.3) is 0 Å². The van der Waals surface area contributed by atoms with Crippen molar-refractivity contribution in [1.82, 2.24) is 5.32 Å². The fraction of sp³-hybridized carbons (Fsp3) is 0.333. The van der Waals surface area contributed by atoms with E-state index in [2.05, 4.69) is 31.3 Å². The van der Waals surface area contributed by atoms with Crippen LogP contribution in [0, 0.1) is 0 Å². The molecule has 0 amide bonds. The molecule has 0 spiro atoms. The van der Waals surface area contributed by atoms with Crippen LogP contribution in [0.5, 0.6) is 5.75 Å². The molecule has 21 heavy (non-hydrogen) atoms. The highest BCUT2D eigenvalue weighted by atomic mass is 35.5. The Kier molecular flexibility index (Phi) is 6.09. The maximum absolute atomic E-state index is 5.86. The minimum Gasteiger partial charge on any atom is -0.489 e. The molecule has 1 unspecified atom stereocenters. The molecule has 0 heterocycles. The molecule has 1 N–H and O–H groups in total. The smallest absolute Gasteiger partial charge is 0.119 e. The van der Waals surface area contributed by atoms with Gasteiger partial charge < -0.3 is 10.1 Å². The van der Waals surface area contributed by atoms with Gasteiger partial charge in [-0.3, -0.25) is 0 Å². The minimum absolute atomic E-state index is 0.496. The average Bonchev–Trinajstić information content (AvgIpc) is 2.48. The molecule has 2 aromatic carbocycles. The number of benzene rings is 2. The third kappa shape index (κ3) is 5.41. The molecule has 0 bridgehead atoms. The van der Waals surface area contributed by atoms with Crippen LogP contribution in [0.4, 0.5) is 0 Å². The van der Waals surface area contributed by atoms with Crippen LogP contribution in [-0.2, 0) is 13.0 Å². The summed E-state index contributed by atoms with van der Waals surface area (Å²) in [6.45, 7) is 5.90. The van der Waals surface area contributed by atoms with Gasteiger partial charge in [-0.25, -0.2) is 0 Å². The fourth-order valence-corrected chi connectivity index (χ4v) is 2.37. The van der Waals surface area contributed by atoms with Crippen molar-refractivity contribution < 1.29 is 4.74 Å². The maximum Gasteiger partial charge on any atom is 0.119 e. The molecule has 0 aromatic heterocycles. The van der Waals surface area contributed by atoms with E-state index < -0.39 is 0 Å². The van der Waals surface area contributed by atoms with E-state index >= 15 is 0 Å². The number of hydrogen-bond acceptors (Lipinski definition) is 2. The zero-order valence-corrected chi connectivity index (χ0v) is 13.4. The van der Waals surface area contributed by atoms with Gasteiger partial charge in [0.2, 0.25) is 0 Å². The van der Waals surface area contributed by atoms with Crippen LogP contribution in [0.2, 0.25) is 5.02 Å². The van der Waals surface area contributed by atoms with Crippen molar-refractivity contribution >= 4 is 11.6 Å². The van der Waals surface area contributed by atoms with Crippen LogP contribution in [0.1, 0.15) is 25.0 Å². The molecule has 0 saturated carbocycles. The molecule has 0 aliphatic rings. The summed E-state index contributed by atoms with van der Waals surface area (Å²) in [6.07, 6.45) is 1.03. The van der Waals surface area contributed by atoms with E-state index in [1.54, 1.807) is 0 Å². The summed E-state index contributed by atoms with van der Waals surface area (Å²) in [4.78, 5) is 0. The van der Waals surface area contributed by atoms with Gasteiger partial charge in [-0.15, -0.1) is 0 Å². The first-order chi connectivity index (χ1) is 10.2. The molecule has 2 aromatic rings. The van der Waals surface area contributed by atoms with Crippen molar-refractivity contribution in [1.29, 1.82) is 0 Å². The largest absolute Gasteiger partial charge is 0.489 e. The third-order valence-electron chi connectivity index (χ3n) is 3.34. The van der Waals surface area contributed by atoms with E-state index in [1.807, 2.05) is 36.4 Å². The summed E-state index contributed by atoms with van der Waals surface area (Å²) >= 11 is 5.86. The zero-order chi connectivity index (χ0) is 15.1. The molecule has 1 atom stereocenters. The minimum atomic E-state index is 0.496. The first-order valence-corrected chi connectivity index (χ1v) is 7.74. The molecule has 3 heteroatoms. The Labute approximate surface area is 132 Å². The van der Waals surface area contributed by atoms with Gasteiger partial charge >= 0.3 is 0 Å². The van der Waals surface area contributed by atoms with Crippen LogP contribution in [0.3, 0.4) is 0 Å². The van der Waals surface area contributed by atoms with Crippen LogP contribution < -0.4 is 10.1 Å². The fourth-order valence-electron chi connectivity index (χ4n) is 2.24. The predicted octanol–water partition coefficient (Wildman–Crippen LogP) is 4.46.